The van der Waals surface area contributed by atoms with Gasteiger partial charge in [-0.15, -0.1) is 0 Å². The Morgan fingerprint density at radius 3 is 2.43 bits per heavy atom. The van der Waals surface area contributed by atoms with Crippen LogP contribution in [0.25, 0.3) is 33.3 Å². The molecule has 0 saturated heterocycles. The second kappa shape index (κ2) is 8.50. The van der Waals surface area contributed by atoms with E-state index < -0.39 is 11.9 Å². The van der Waals surface area contributed by atoms with E-state index in [0.29, 0.717) is 11.3 Å². The maximum atomic E-state index is 13.0. The summed E-state index contributed by atoms with van der Waals surface area (Å²) in [5, 5.41) is 8.40. The summed E-state index contributed by atoms with van der Waals surface area (Å²) >= 11 is 0. The zero-order chi connectivity index (χ0) is 24.7. The number of aromatic nitrogens is 5. The predicted octanol–water partition coefficient (Wildman–Crippen LogP) is 5.53. The summed E-state index contributed by atoms with van der Waals surface area (Å²) in [7, 11) is 0. The molecule has 5 aromatic rings. The number of alkyl halides is 3. The average Bonchev–Trinajstić information content (AvgIpc) is 3.24. The van der Waals surface area contributed by atoms with Crippen LogP contribution < -0.4 is 5.56 Å². The summed E-state index contributed by atoms with van der Waals surface area (Å²) in [6.07, 6.45) is -1.70. The Bertz CT molecular complexity index is 1620. The number of rotatable bonds is 4. The van der Waals surface area contributed by atoms with Crippen LogP contribution in [0.2, 0.25) is 0 Å². The van der Waals surface area contributed by atoms with Gasteiger partial charge in [0.2, 0.25) is 0 Å². The summed E-state index contributed by atoms with van der Waals surface area (Å²) in [6, 6.07) is 15.4. The highest BCUT2D eigenvalue weighted by atomic mass is 19.4. The molecule has 0 radical (unpaired) electrons. The predicted molar refractivity (Wildman–Crippen MR) is 127 cm³/mol. The molecule has 0 amide bonds. The minimum atomic E-state index is -4.54. The zero-order valence-corrected chi connectivity index (χ0v) is 18.9. The molecule has 0 unspecified atom stereocenters. The Morgan fingerprint density at radius 2 is 1.69 bits per heavy atom. The maximum Gasteiger partial charge on any atom is 0.433 e. The van der Waals surface area contributed by atoms with Gasteiger partial charge in [-0.3, -0.25) is 19.9 Å². The third kappa shape index (κ3) is 4.44. The summed E-state index contributed by atoms with van der Waals surface area (Å²) in [6.45, 7) is 3.69. The average molecular weight is 475 g/mol. The molecule has 1 N–H and O–H groups in total. The third-order valence-corrected chi connectivity index (χ3v) is 5.86. The number of nitrogens with one attached hydrogen (secondary N) is 1. The summed E-state index contributed by atoms with van der Waals surface area (Å²) in [5.41, 5.74) is 4.72. The highest BCUT2D eigenvalue weighted by Gasteiger charge is 2.32. The fourth-order valence-corrected chi connectivity index (χ4v) is 4.12. The number of benzene rings is 1. The van der Waals surface area contributed by atoms with Crippen molar-refractivity contribution in [3.05, 3.63) is 100.0 Å². The van der Waals surface area contributed by atoms with Crippen LogP contribution in [0, 0.1) is 13.8 Å². The standard InChI is InChI=1S/C26H20F3N5O/c1-15-9-19(6-8-30-15)25-21-12-18(3-4-22(21)32-33-25)20-10-16(2)34(24(35)13-20)14-17-5-7-31-23(11-17)26(27,28)29/h3-13H,14H2,1-2H3,(H,32,33). The highest BCUT2D eigenvalue weighted by molar-refractivity contribution is 5.95. The Labute approximate surface area is 198 Å². The third-order valence-electron chi connectivity index (χ3n) is 5.86. The van der Waals surface area contributed by atoms with Crippen molar-refractivity contribution in [2.45, 2.75) is 26.6 Å². The van der Waals surface area contributed by atoms with E-state index in [2.05, 4.69) is 20.2 Å². The molecule has 35 heavy (non-hydrogen) atoms. The van der Waals surface area contributed by atoms with Crippen molar-refractivity contribution >= 4 is 10.9 Å². The van der Waals surface area contributed by atoms with Gasteiger partial charge in [0.15, 0.2) is 0 Å². The molecular formula is C26H20F3N5O. The van der Waals surface area contributed by atoms with Crippen molar-refractivity contribution in [1.29, 1.82) is 0 Å². The van der Waals surface area contributed by atoms with Gasteiger partial charge in [-0.2, -0.15) is 18.3 Å². The number of hydrogen-bond acceptors (Lipinski definition) is 4. The molecule has 0 fully saturated rings. The van der Waals surface area contributed by atoms with E-state index >= 15 is 0 Å². The molecule has 0 aliphatic heterocycles. The van der Waals surface area contributed by atoms with Gasteiger partial charge in [0, 0.05) is 40.8 Å². The number of aryl methyl sites for hydroxylation is 2. The van der Waals surface area contributed by atoms with E-state index in [4.69, 9.17) is 0 Å². The number of hydrogen-bond donors (Lipinski definition) is 1. The number of halogens is 3. The van der Waals surface area contributed by atoms with E-state index in [-0.39, 0.29) is 12.1 Å². The molecule has 176 valence electrons. The van der Waals surface area contributed by atoms with Crippen LogP contribution in [0.15, 0.2) is 71.8 Å². The van der Waals surface area contributed by atoms with E-state index in [1.807, 2.05) is 43.3 Å². The van der Waals surface area contributed by atoms with Crippen molar-refractivity contribution in [3.8, 4) is 22.4 Å². The Hall–Kier alpha value is -4.27. The van der Waals surface area contributed by atoms with Crippen LogP contribution >= 0.6 is 0 Å². The normalized spacial score (nSPS) is 11.8. The highest BCUT2D eigenvalue weighted by Crippen LogP contribution is 2.31. The molecule has 0 atom stereocenters. The number of pyridine rings is 3. The van der Waals surface area contributed by atoms with Gasteiger partial charge in [0.05, 0.1) is 12.1 Å². The first-order valence-corrected chi connectivity index (χ1v) is 10.8. The van der Waals surface area contributed by atoms with E-state index in [1.165, 1.54) is 16.7 Å². The van der Waals surface area contributed by atoms with Gasteiger partial charge in [-0.05, 0) is 73.0 Å². The molecule has 1 aromatic carbocycles. The molecular weight excluding hydrogens is 455 g/mol. The lowest BCUT2D eigenvalue weighted by atomic mass is 10.0. The number of fused-ring (bicyclic) bond motifs is 1. The van der Waals surface area contributed by atoms with Gasteiger partial charge in [-0.1, -0.05) is 6.07 Å². The smallest absolute Gasteiger partial charge is 0.308 e. The van der Waals surface area contributed by atoms with Crippen LogP contribution in [0.1, 0.15) is 22.6 Å². The van der Waals surface area contributed by atoms with Gasteiger partial charge in [-0.25, -0.2) is 0 Å². The van der Waals surface area contributed by atoms with Crippen molar-refractivity contribution in [2.24, 2.45) is 0 Å². The van der Waals surface area contributed by atoms with Crippen molar-refractivity contribution < 1.29 is 13.2 Å². The van der Waals surface area contributed by atoms with E-state index in [1.54, 1.807) is 13.1 Å². The lowest BCUT2D eigenvalue weighted by Gasteiger charge is -2.13. The van der Waals surface area contributed by atoms with Crippen LogP contribution in [-0.2, 0) is 12.7 Å². The van der Waals surface area contributed by atoms with E-state index in [0.717, 1.165) is 51.2 Å². The first-order chi connectivity index (χ1) is 16.7. The lowest BCUT2D eigenvalue weighted by molar-refractivity contribution is -0.141. The summed E-state index contributed by atoms with van der Waals surface area (Å²) in [4.78, 5) is 20.6. The minimum absolute atomic E-state index is 0.0167. The molecule has 5 rings (SSSR count). The molecule has 0 spiro atoms. The fourth-order valence-electron chi connectivity index (χ4n) is 4.12. The van der Waals surface area contributed by atoms with Crippen LogP contribution in [-0.4, -0.2) is 24.7 Å². The second-order valence-corrected chi connectivity index (χ2v) is 8.38. The molecule has 0 aliphatic rings. The number of aromatic amines is 1. The Balaban J connectivity index is 1.51. The molecule has 0 saturated carbocycles. The largest absolute Gasteiger partial charge is 0.433 e. The quantitative estimate of drug-likeness (QED) is 0.371. The molecule has 6 nitrogen and oxygen atoms in total. The molecule has 9 heteroatoms. The second-order valence-electron chi connectivity index (χ2n) is 8.38. The van der Waals surface area contributed by atoms with Gasteiger partial charge >= 0.3 is 6.18 Å². The first-order valence-electron chi connectivity index (χ1n) is 10.8. The monoisotopic (exact) mass is 475 g/mol. The SMILES string of the molecule is Cc1cc(-c2n[nH]c3ccc(-c4cc(C)n(Cc5ccnc(C(F)(F)F)c5)c(=O)c4)cc23)ccn1. The first kappa shape index (κ1) is 22.5. The van der Waals surface area contributed by atoms with Gasteiger partial charge < -0.3 is 4.57 Å². The van der Waals surface area contributed by atoms with Gasteiger partial charge in [0.1, 0.15) is 11.4 Å². The number of H-pyrrole nitrogens is 1. The molecule has 4 heterocycles. The lowest BCUT2D eigenvalue weighted by Crippen LogP contribution is -2.22. The molecule has 0 aliphatic carbocycles. The number of nitrogens with zero attached hydrogens (tertiary/aromatic N) is 4. The summed E-state index contributed by atoms with van der Waals surface area (Å²) in [5.74, 6) is 0. The minimum Gasteiger partial charge on any atom is -0.308 e. The van der Waals surface area contributed by atoms with Crippen LogP contribution in [0.5, 0.6) is 0 Å². The van der Waals surface area contributed by atoms with E-state index in [9.17, 15) is 18.0 Å². The van der Waals surface area contributed by atoms with Gasteiger partial charge in [0.25, 0.3) is 5.56 Å². The Kier molecular flexibility index (Phi) is 5.47. The molecule has 4 aromatic heterocycles. The zero-order valence-electron chi connectivity index (χ0n) is 18.9. The van der Waals surface area contributed by atoms with Crippen molar-refractivity contribution in [1.82, 2.24) is 24.7 Å². The van der Waals surface area contributed by atoms with Crippen LogP contribution in [0.3, 0.4) is 0 Å². The van der Waals surface area contributed by atoms with Crippen LogP contribution in [0.4, 0.5) is 13.2 Å². The fraction of sp³-hybridized carbons (Fsp3) is 0.154. The van der Waals surface area contributed by atoms with Crippen molar-refractivity contribution in [2.75, 3.05) is 0 Å². The summed E-state index contributed by atoms with van der Waals surface area (Å²) < 4.78 is 40.5. The topological polar surface area (TPSA) is 76.5 Å². The van der Waals surface area contributed by atoms with Crippen molar-refractivity contribution in [3.63, 3.8) is 0 Å². The Morgan fingerprint density at radius 1 is 0.886 bits per heavy atom. The molecule has 0 bridgehead atoms. The maximum absolute atomic E-state index is 13.0.